The second-order valence-electron chi connectivity index (χ2n) is 4.83. The standard InChI is InChI=1S/C14H15F2NO3S/c15-11-8-10(4-3-7-18)14(13(16)9-11)21(19,20)17-12-5-1-2-6-12/h8-9,12,17-18H,1-2,5-7H2. The van der Waals surface area contributed by atoms with Gasteiger partial charge in [0.15, 0.2) is 0 Å². The van der Waals surface area contributed by atoms with Crippen molar-refractivity contribution < 1.29 is 22.3 Å². The zero-order chi connectivity index (χ0) is 15.5. The first-order valence-electron chi connectivity index (χ1n) is 6.55. The smallest absolute Gasteiger partial charge is 0.244 e. The molecule has 1 aliphatic carbocycles. The fourth-order valence-electron chi connectivity index (χ4n) is 2.38. The number of aliphatic hydroxyl groups is 1. The molecule has 1 fully saturated rings. The van der Waals surface area contributed by atoms with Gasteiger partial charge in [0.1, 0.15) is 23.1 Å². The van der Waals surface area contributed by atoms with Gasteiger partial charge >= 0.3 is 0 Å². The van der Waals surface area contributed by atoms with E-state index in [2.05, 4.69) is 16.6 Å². The highest BCUT2D eigenvalue weighted by Crippen LogP contribution is 2.24. The van der Waals surface area contributed by atoms with Gasteiger partial charge in [0.05, 0.1) is 5.56 Å². The highest BCUT2D eigenvalue weighted by atomic mass is 32.2. The zero-order valence-electron chi connectivity index (χ0n) is 11.2. The predicted octanol–water partition coefficient (Wildman–Crippen LogP) is 1.53. The Morgan fingerprint density at radius 3 is 2.57 bits per heavy atom. The van der Waals surface area contributed by atoms with Crippen molar-refractivity contribution in [3.63, 3.8) is 0 Å². The number of benzene rings is 1. The van der Waals surface area contributed by atoms with Gasteiger partial charge in [-0.1, -0.05) is 24.7 Å². The zero-order valence-corrected chi connectivity index (χ0v) is 12.0. The minimum Gasteiger partial charge on any atom is -0.384 e. The quantitative estimate of drug-likeness (QED) is 0.831. The van der Waals surface area contributed by atoms with Crippen LogP contribution in [0.4, 0.5) is 8.78 Å². The summed E-state index contributed by atoms with van der Waals surface area (Å²) >= 11 is 0. The van der Waals surface area contributed by atoms with Crippen molar-refractivity contribution in [2.75, 3.05) is 6.61 Å². The van der Waals surface area contributed by atoms with Crippen LogP contribution in [0.1, 0.15) is 31.2 Å². The van der Waals surface area contributed by atoms with Crippen LogP contribution in [0.5, 0.6) is 0 Å². The molecule has 7 heteroatoms. The molecule has 0 unspecified atom stereocenters. The van der Waals surface area contributed by atoms with Gasteiger partial charge < -0.3 is 5.11 Å². The lowest BCUT2D eigenvalue weighted by Gasteiger charge is -2.14. The third-order valence-electron chi connectivity index (χ3n) is 3.26. The normalized spacial score (nSPS) is 15.8. The second kappa shape index (κ2) is 6.52. The Hall–Kier alpha value is -1.49. The molecule has 2 rings (SSSR count). The number of rotatable bonds is 3. The van der Waals surface area contributed by atoms with E-state index in [1.54, 1.807) is 0 Å². The largest absolute Gasteiger partial charge is 0.384 e. The van der Waals surface area contributed by atoms with Crippen molar-refractivity contribution in [1.29, 1.82) is 0 Å². The van der Waals surface area contributed by atoms with Crippen molar-refractivity contribution >= 4 is 10.0 Å². The molecule has 1 aromatic rings. The monoisotopic (exact) mass is 315 g/mol. The first kappa shape index (κ1) is 15.9. The summed E-state index contributed by atoms with van der Waals surface area (Å²) in [5.74, 6) is 2.37. The summed E-state index contributed by atoms with van der Waals surface area (Å²) in [7, 11) is -4.13. The minimum absolute atomic E-state index is 0.238. The molecule has 1 saturated carbocycles. The average molecular weight is 315 g/mol. The molecular weight excluding hydrogens is 300 g/mol. The Kier molecular flexibility index (Phi) is 4.93. The van der Waals surface area contributed by atoms with Crippen LogP contribution in [-0.4, -0.2) is 26.2 Å². The number of hydrogen-bond donors (Lipinski definition) is 2. The number of halogens is 2. The van der Waals surface area contributed by atoms with E-state index in [0.717, 1.165) is 18.9 Å². The fourth-order valence-corrected chi connectivity index (χ4v) is 3.89. The van der Waals surface area contributed by atoms with Crippen molar-refractivity contribution in [1.82, 2.24) is 4.72 Å². The molecule has 0 saturated heterocycles. The van der Waals surface area contributed by atoms with Gasteiger partial charge in [-0.15, -0.1) is 0 Å². The van der Waals surface area contributed by atoms with Crippen LogP contribution in [-0.2, 0) is 10.0 Å². The maximum atomic E-state index is 13.9. The van der Waals surface area contributed by atoms with E-state index in [0.29, 0.717) is 18.9 Å². The van der Waals surface area contributed by atoms with Crippen molar-refractivity contribution in [3.05, 3.63) is 29.3 Å². The minimum atomic E-state index is -4.13. The van der Waals surface area contributed by atoms with E-state index < -0.39 is 33.2 Å². The Bertz CT molecular complexity index is 686. The van der Waals surface area contributed by atoms with Crippen molar-refractivity contribution in [2.45, 2.75) is 36.6 Å². The van der Waals surface area contributed by atoms with Gasteiger partial charge in [0, 0.05) is 12.1 Å². The Morgan fingerprint density at radius 2 is 1.95 bits per heavy atom. The molecule has 1 aromatic carbocycles. The summed E-state index contributed by atoms with van der Waals surface area (Å²) in [5, 5.41) is 8.66. The average Bonchev–Trinajstić information content (AvgIpc) is 2.86. The van der Waals surface area contributed by atoms with E-state index in [4.69, 9.17) is 5.11 Å². The molecule has 0 aliphatic heterocycles. The molecule has 2 N–H and O–H groups in total. The van der Waals surface area contributed by atoms with Gasteiger partial charge in [-0.05, 0) is 18.9 Å². The number of hydrogen-bond acceptors (Lipinski definition) is 3. The number of sulfonamides is 1. The number of nitrogens with one attached hydrogen (secondary N) is 1. The van der Waals surface area contributed by atoms with Crippen LogP contribution >= 0.6 is 0 Å². The van der Waals surface area contributed by atoms with Crippen LogP contribution in [0.2, 0.25) is 0 Å². The van der Waals surface area contributed by atoms with E-state index in [1.807, 2.05) is 0 Å². The van der Waals surface area contributed by atoms with E-state index in [1.165, 1.54) is 0 Å². The van der Waals surface area contributed by atoms with Gasteiger partial charge in [0.2, 0.25) is 10.0 Å². The van der Waals surface area contributed by atoms with Crippen LogP contribution in [0.3, 0.4) is 0 Å². The molecule has 114 valence electrons. The van der Waals surface area contributed by atoms with Crippen LogP contribution in [0.25, 0.3) is 0 Å². The van der Waals surface area contributed by atoms with E-state index in [-0.39, 0.29) is 11.6 Å². The Balaban J connectivity index is 2.45. The molecule has 0 radical (unpaired) electrons. The molecule has 0 amide bonds. The summed E-state index contributed by atoms with van der Waals surface area (Å²) in [6.45, 7) is -0.534. The highest BCUT2D eigenvalue weighted by Gasteiger charge is 2.28. The topological polar surface area (TPSA) is 66.4 Å². The molecule has 0 bridgehead atoms. The number of aliphatic hydroxyl groups excluding tert-OH is 1. The van der Waals surface area contributed by atoms with Gasteiger partial charge in [-0.25, -0.2) is 21.9 Å². The van der Waals surface area contributed by atoms with Gasteiger partial charge in [-0.2, -0.15) is 0 Å². The Morgan fingerprint density at radius 1 is 1.29 bits per heavy atom. The van der Waals surface area contributed by atoms with Crippen molar-refractivity contribution in [3.8, 4) is 11.8 Å². The molecule has 0 atom stereocenters. The third kappa shape index (κ3) is 3.79. The van der Waals surface area contributed by atoms with Gasteiger partial charge in [0.25, 0.3) is 0 Å². The first-order chi connectivity index (χ1) is 9.94. The maximum Gasteiger partial charge on any atom is 0.244 e. The summed E-state index contributed by atoms with van der Waals surface area (Å²) in [6.07, 6.45) is 3.21. The fraction of sp³-hybridized carbons (Fsp3) is 0.429. The summed E-state index contributed by atoms with van der Waals surface area (Å²) in [6, 6.07) is 1.11. The molecule has 0 spiro atoms. The van der Waals surface area contributed by atoms with Crippen LogP contribution < -0.4 is 4.72 Å². The molecule has 0 aromatic heterocycles. The van der Waals surface area contributed by atoms with Gasteiger partial charge in [-0.3, -0.25) is 0 Å². The van der Waals surface area contributed by atoms with Crippen molar-refractivity contribution in [2.24, 2.45) is 0 Å². The molecule has 0 heterocycles. The summed E-state index contributed by atoms with van der Waals surface area (Å²) in [4.78, 5) is -0.670. The Labute approximate surface area is 122 Å². The van der Waals surface area contributed by atoms with Crippen LogP contribution in [0, 0.1) is 23.5 Å². The molecular formula is C14H15F2NO3S. The summed E-state index contributed by atoms with van der Waals surface area (Å²) in [5.41, 5.74) is -0.299. The molecule has 4 nitrogen and oxygen atoms in total. The van der Waals surface area contributed by atoms with E-state index in [9.17, 15) is 17.2 Å². The van der Waals surface area contributed by atoms with Crippen LogP contribution in [0.15, 0.2) is 17.0 Å². The lowest BCUT2D eigenvalue weighted by molar-refractivity contribution is 0.350. The predicted molar refractivity (Wildman–Crippen MR) is 72.9 cm³/mol. The third-order valence-corrected chi connectivity index (χ3v) is 4.85. The lowest BCUT2D eigenvalue weighted by Crippen LogP contribution is -2.33. The first-order valence-corrected chi connectivity index (χ1v) is 8.03. The van der Waals surface area contributed by atoms with E-state index >= 15 is 0 Å². The summed E-state index contributed by atoms with van der Waals surface area (Å²) < 4.78 is 54.2. The molecule has 1 aliphatic rings. The second-order valence-corrected chi connectivity index (χ2v) is 6.48. The SMILES string of the molecule is O=S(=O)(NC1CCCC1)c1c(F)cc(F)cc1C#CCO. The lowest BCUT2D eigenvalue weighted by atomic mass is 10.2. The molecule has 21 heavy (non-hydrogen) atoms. The maximum absolute atomic E-state index is 13.9. The highest BCUT2D eigenvalue weighted by molar-refractivity contribution is 7.89.